The second-order valence-corrected chi connectivity index (χ2v) is 5.14. The van der Waals surface area contributed by atoms with Gasteiger partial charge in [0, 0.05) is 30.6 Å². The van der Waals surface area contributed by atoms with Crippen molar-refractivity contribution in [3.8, 4) is 11.5 Å². The van der Waals surface area contributed by atoms with Gasteiger partial charge in [0.1, 0.15) is 6.26 Å². The summed E-state index contributed by atoms with van der Waals surface area (Å²) in [5.74, 6) is 0.217. The summed E-state index contributed by atoms with van der Waals surface area (Å²) in [5.41, 5.74) is 2.58. The molecule has 6 nitrogen and oxygen atoms in total. The number of hydrogen-bond donors (Lipinski definition) is 1. The Kier molecular flexibility index (Phi) is 3.80. The van der Waals surface area contributed by atoms with Crippen molar-refractivity contribution in [2.45, 2.75) is 6.92 Å². The second kappa shape index (κ2) is 5.92. The normalized spacial score (nSPS) is 10.5. The van der Waals surface area contributed by atoms with Gasteiger partial charge in [0.15, 0.2) is 0 Å². The summed E-state index contributed by atoms with van der Waals surface area (Å²) in [6.07, 6.45) is 4.58. The van der Waals surface area contributed by atoms with E-state index in [-0.39, 0.29) is 11.5 Å². The lowest BCUT2D eigenvalue weighted by Gasteiger charge is -2.11. The minimum atomic E-state index is -0.284. The van der Waals surface area contributed by atoms with Crippen LogP contribution in [0.25, 0.3) is 11.5 Å². The molecule has 0 unspecified atom stereocenters. The quantitative estimate of drug-likeness (QED) is 0.806. The summed E-state index contributed by atoms with van der Waals surface area (Å²) in [4.78, 5) is 27.9. The summed E-state index contributed by atoms with van der Waals surface area (Å²) >= 11 is 0. The van der Waals surface area contributed by atoms with E-state index in [1.807, 2.05) is 25.1 Å². The molecule has 0 fully saturated rings. The van der Waals surface area contributed by atoms with Crippen molar-refractivity contribution in [3.63, 3.8) is 0 Å². The smallest absolute Gasteiger partial charge is 0.257 e. The van der Waals surface area contributed by atoms with E-state index in [1.165, 1.54) is 29.2 Å². The van der Waals surface area contributed by atoms with E-state index < -0.39 is 0 Å². The summed E-state index contributed by atoms with van der Waals surface area (Å²) in [6.45, 7) is 1.88. The molecule has 1 N–H and O–H groups in total. The fourth-order valence-electron chi connectivity index (χ4n) is 2.28. The first-order chi connectivity index (χ1) is 11.1. The molecule has 6 heteroatoms. The van der Waals surface area contributed by atoms with Gasteiger partial charge in [-0.3, -0.25) is 9.59 Å². The van der Waals surface area contributed by atoms with Crippen molar-refractivity contribution in [3.05, 3.63) is 70.5 Å². The van der Waals surface area contributed by atoms with Crippen LogP contribution in [0.4, 0.5) is 5.69 Å². The maximum Gasteiger partial charge on any atom is 0.257 e. The number of oxazole rings is 1. The molecule has 2 aromatic heterocycles. The Bertz CT molecular complexity index is 911. The van der Waals surface area contributed by atoms with Crippen LogP contribution in [0.3, 0.4) is 0 Å². The van der Waals surface area contributed by atoms with Crippen LogP contribution in [0.2, 0.25) is 0 Å². The number of nitrogens with one attached hydrogen (secondary N) is 1. The van der Waals surface area contributed by atoms with Crippen molar-refractivity contribution in [1.29, 1.82) is 0 Å². The van der Waals surface area contributed by atoms with E-state index >= 15 is 0 Å². The van der Waals surface area contributed by atoms with Crippen molar-refractivity contribution < 1.29 is 9.21 Å². The molecular formula is C17H15N3O3. The van der Waals surface area contributed by atoms with Crippen molar-refractivity contribution in [2.24, 2.45) is 7.05 Å². The fourth-order valence-corrected chi connectivity index (χ4v) is 2.28. The Labute approximate surface area is 132 Å². The molecule has 0 spiro atoms. The molecule has 1 aromatic carbocycles. The molecule has 3 aromatic rings. The highest BCUT2D eigenvalue weighted by Gasteiger charge is 2.13. The molecule has 0 radical (unpaired) electrons. The topological polar surface area (TPSA) is 77.1 Å². The van der Waals surface area contributed by atoms with Gasteiger partial charge in [0.25, 0.3) is 5.91 Å². The molecular weight excluding hydrogens is 294 g/mol. The minimum absolute atomic E-state index is 0.163. The van der Waals surface area contributed by atoms with Crippen LogP contribution >= 0.6 is 0 Å². The Morgan fingerprint density at radius 1 is 1.26 bits per heavy atom. The molecule has 0 saturated carbocycles. The lowest BCUT2D eigenvalue weighted by molar-refractivity contribution is 0.102. The Morgan fingerprint density at radius 3 is 2.78 bits per heavy atom. The number of carbonyl (C=O) groups excluding carboxylic acids is 1. The van der Waals surface area contributed by atoms with E-state index in [1.54, 1.807) is 13.2 Å². The maximum absolute atomic E-state index is 12.4. The number of aryl methyl sites for hydroxylation is 1. The number of anilines is 1. The van der Waals surface area contributed by atoms with E-state index in [4.69, 9.17) is 4.42 Å². The third-order valence-corrected chi connectivity index (χ3v) is 3.59. The Morgan fingerprint density at radius 2 is 2.09 bits per heavy atom. The molecule has 116 valence electrons. The van der Waals surface area contributed by atoms with Gasteiger partial charge in [-0.05, 0) is 30.7 Å². The zero-order chi connectivity index (χ0) is 16.4. The third kappa shape index (κ3) is 2.91. The van der Waals surface area contributed by atoms with Gasteiger partial charge in [0.2, 0.25) is 11.4 Å². The van der Waals surface area contributed by atoms with E-state index in [0.717, 1.165) is 11.1 Å². The van der Waals surface area contributed by atoms with Gasteiger partial charge in [-0.2, -0.15) is 0 Å². The SMILES string of the molecule is Cc1c(NC(=O)c2ccc(=O)n(C)c2)cccc1-c1ncco1. The number of carbonyl (C=O) groups is 1. The van der Waals surface area contributed by atoms with Crippen LogP contribution in [0, 0.1) is 6.92 Å². The van der Waals surface area contributed by atoms with Crippen LogP contribution in [0.1, 0.15) is 15.9 Å². The first-order valence-corrected chi connectivity index (χ1v) is 7.04. The molecule has 0 aliphatic rings. The van der Waals surface area contributed by atoms with Crippen LogP contribution in [0.15, 0.2) is 58.2 Å². The number of amides is 1. The zero-order valence-electron chi connectivity index (χ0n) is 12.7. The lowest BCUT2D eigenvalue weighted by Crippen LogP contribution is -2.19. The summed E-state index contributed by atoms with van der Waals surface area (Å²) < 4.78 is 6.68. The van der Waals surface area contributed by atoms with E-state index in [0.29, 0.717) is 17.1 Å². The third-order valence-electron chi connectivity index (χ3n) is 3.59. The van der Waals surface area contributed by atoms with Gasteiger partial charge >= 0.3 is 0 Å². The first-order valence-electron chi connectivity index (χ1n) is 7.04. The predicted octanol–water partition coefficient (Wildman–Crippen LogP) is 2.60. The summed E-state index contributed by atoms with van der Waals surface area (Å²) in [5, 5.41) is 2.85. The number of benzene rings is 1. The number of rotatable bonds is 3. The van der Waals surface area contributed by atoms with Gasteiger partial charge < -0.3 is 14.3 Å². The fraction of sp³-hybridized carbons (Fsp3) is 0.118. The summed E-state index contributed by atoms with van der Waals surface area (Å²) in [6, 6.07) is 8.38. The van der Waals surface area contributed by atoms with Crippen LogP contribution in [-0.2, 0) is 7.05 Å². The van der Waals surface area contributed by atoms with Crippen LogP contribution in [-0.4, -0.2) is 15.5 Å². The van der Waals surface area contributed by atoms with Gasteiger partial charge in [-0.25, -0.2) is 4.98 Å². The number of nitrogens with zero attached hydrogens (tertiary/aromatic N) is 2. The molecule has 3 rings (SSSR count). The lowest BCUT2D eigenvalue weighted by atomic mass is 10.1. The Hall–Kier alpha value is -3.15. The van der Waals surface area contributed by atoms with Crippen LogP contribution < -0.4 is 10.9 Å². The Balaban J connectivity index is 1.91. The van der Waals surface area contributed by atoms with Crippen molar-refractivity contribution in [1.82, 2.24) is 9.55 Å². The monoisotopic (exact) mass is 309 g/mol. The van der Waals surface area contributed by atoms with Gasteiger partial charge in [0.05, 0.1) is 11.8 Å². The average molecular weight is 309 g/mol. The second-order valence-electron chi connectivity index (χ2n) is 5.14. The number of hydrogen-bond acceptors (Lipinski definition) is 4. The molecule has 1 amide bonds. The number of aromatic nitrogens is 2. The molecule has 2 heterocycles. The molecule has 0 saturated heterocycles. The molecule has 23 heavy (non-hydrogen) atoms. The van der Waals surface area contributed by atoms with Crippen molar-refractivity contribution >= 4 is 11.6 Å². The maximum atomic E-state index is 12.4. The van der Waals surface area contributed by atoms with Crippen LogP contribution in [0.5, 0.6) is 0 Å². The van der Waals surface area contributed by atoms with E-state index in [9.17, 15) is 9.59 Å². The van der Waals surface area contributed by atoms with Gasteiger partial charge in [-0.15, -0.1) is 0 Å². The standard InChI is InChI=1S/C17H15N3O3/c1-11-13(17-18-8-9-23-17)4-3-5-14(11)19-16(22)12-6-7-15(21)20(2)10-12/h3-10H,1-2H3,(H,19,22). The van der Waals surface area contributed by atoms with E-state index in [2.05, 4.69) is 10.3 Å². The predicted molar refractivity (Wildman–Crippen MR) is 86.3 cm³/mol. The molecule has 0 atom stereocenters. The molecule has 0 bridgehead atoms. The number of pyridine rings is 1. The highest BCUT2D eigenvalue weighted by Crippen LogP contribution is 2.27. The average Bonchev–Trinajstić information content (AvgIpc) is 3.06. The summed E-state index contributed by atoms with van der Waals surface area (Å²) in [7, 11) is 1.60. The van der Waals surface area contributed by atoms with Gasteiger partial charge in [-0.1, -0.05) is 6.07 Å². The molecule has 0 aliphatic heterocycles. The largest absolute Gasteiger partial charge is 0.445 e. The highest BCUT2D eigenvalue weighted by molar-refractivity contribution is 6.04. The first kappa shape index (κ1) is 14.8. The highest BCUT2D eigenvalue weighted by atomic mass is 16.3. The molecule has 0 aliphatic carbocycles. The minimum Gasteiger partial charge on any atom is -0.445 e. The zero-order valence-corrected chi connectivity index (χ0v) is 12.7. The van der Waals surface area contributed by atoms with Crippen molar-refractivity contribution in [2.75, 3.05) is 5.32 Å².